The van der Waals surface area contributed by atoms with E-state index in [-0.39, 0.29) is 43.2 Å². The van der Waals surface area contributed by atoms with Gasteiger partial charge in [-0.2, -0.15) is 0 Å². The second-order valence-corrected chi connectivity index (χ2v) is 11.5. The minimum atomic E-state index is -0.596. The highest BCUT2D eigenvalue weighted by Crippen LogP contribution is 2.33. The predicted octanol–water partition coefficient (Wildman–Crippen LogP) is 4.50. The van der Waals surface area contributed by atoms with Crippen molar-refractivity contribution in [1.82, 2.24) is 9.13 Å². The van der Waals surface area contributed by atoms with Crippen molar-refractivity contribution in [3.63, 3.8) is 0 Å². The first-order chi connectivity index (χ1) is 20.5. The summed E-state index contributed by atoms with van der Waals surface area (Å²) < 4.78 is 33.1. The molecule has 3 aliphatic rings. The van der Waals surface area contributed by atoms with E-state index in [1.54, 1.807) is 13.1 Å². The minimum Gasteiger partial charge on any atom is -0.353 e. The van der Waals surface area contributed by atoms with Gasteiger partial charge in [0.05, 0.1) is 12.7 Å². The van der Waals surface area contributed by atoms with Crippen LogP contribution in [0, 0.1) is 6.92 Å². The van der Waals surface area contributed by atoms with Gasteiger partial charge in [0, 0.05) is 49.9 Å². The van der Waals surface area contributed by atoms with E-state index >= 15 is 0 Å². The second kappa shape index (κ2) is 15.2. The summed E-state index contributed by atoms with van der Waals surface area (Å²) in [5, 5.41) is 0. The largest absolute Gasteiger partial charge is 0.353 e. The molecule has 0 amide bonds. The van der Waals surface area contributed by atoms with Crippen LogP contribution in [0.5, 0.6) is 0 Å². The lowest BCUT2D eigenvalue weighted by Gasteiger charge is -2.29. The lowest BCUT2D eigenvalue weighted by Crippen LogP contribution is -2.42. The molecular formula is C32H44N2O8. The number of nitrogens with zero attached hydrogens (tertiary/aromatic N) is 2. The molecule has 0 radical (unpaired) electrons. The van der Waals surface area contributed by atoms with Crippen molar-refractivity contribution in [2.75, 3.05) is 19.8 Å². The van der Waals surface area contributed by atoms with Crippen LogP contribution in [0.1, 0.15) is 92.8 Å². The summed E-state index contributed by atoms with van der Waals surface area (Å²) in [7, 11) is 0. The molecule has 3 saturated heterocycles. The van der Waals surface area contributed by atoms with Crippen molar-refractivity contribution in [2.45, 2.75) is 115 Å². The van der Waals surface area contributed by atoms with Crippen LogP contribution in [0.25, 0.3) is 0 Å². The molecule has 10 heteroatoms. The van der Waals surface area contributed by atoms with Gasteiger partial charge in [-0.25, -0.2) is 4.79 Å². The summed E-state index contributed by atoms with van der Waals surface area (Å²) in [5.74, 6) is 0.105. The Balaban J connectivity index is 1.22. The molecule has 3 aliphatic heterocycles. The van der Waals surface area contributed by atoms with Gasteiger partial charge in [0.25, 0.3) is 5.56 Å². The standard InChI is InChI=1S/C32H44N2O8/c1-23-21-34(32(37)33(31(23)36)17-9-3-6-14-25(35)24-12-4-2-5-13-24)28-20-26(42-30-16-8-11-19-39-30)27(41-28)22-40-29-15-7-10-18-38-29/h2,4-5,12-13,21,26-30H,3,6-11,14-20,22H2,1H3/t26-,27+,28+,29?,30?/m0/s1. The molecule has 10 nitrogen and oxygen atoms in total. The third-order valence-corrected chi connectivity index (χ3v) is 8.29. The van der Waals surface area contributed by atoms with Crippen LogP contribution in [-0.2, 0) is 30.2 Å². The number of carbonyl (C=O) groups excluding carboxylic acids is 1. The number of aryl methyl sites for hydroxylation is 1. The van der Waals surface area contributed by atoms with E-state index in [1.165, 1.54) is 9.13 Å². The van der Waals surface area contributed by atoms with E-state index in [9.17, 15) is 14.4 Å². The Hall–Kier alpha value is -2.63. The Morgan fingerprint density at radius 2 is 1.69 bits per heavy atom. The van der Waals surface area contributed by atoms with Crippen LogP contribution in [-0.4, -0.2) is 59.5 Å². The number of carbonyl (C=O) groups is 1. The molecule has 1 aromatic carbocycles. The number of ketones is 1. The SMILES string of the molecule is Cc1cn([C@H]2C[C@H](OC3CCCCO3)[C@@H](COC3CCCCO3)O2)c(=O)n(CCCCCC(=O)c2ccccc2)c1=O. The molecule has 2 aromatic rings. The zero-order valence-electron chi connectivity index (χ0n) is 24.6. The van der Waals surface area contributed by atoms with Crippen molar-refractivity contribution in [1.29, 1.82) is 0 Å². The lowest BCUT2D eigenvalue weighted by molar-refractivity contribution is -0.216. The summed E-state index contributed by atoms with van der Waals surface area (Å²) in [6, 6.07) is 9.24. The number of Topliss-reactive ketones (excluding diaryl/α,β-unsaturated/α-hetero) is 1. The Labute approximate surface area is 246 Å². The maximum Gasteiger partial charge on any atom is 0.333 e. The molecule has 0 aliphatic carbocycles. The second-order valence-electron chi connectivity index (χ2n) is 11.5. The van der Waals surface area contributed by atoms with Crippen molar-refractivity contribution < 1.29 is 28.5 Å². The van der Waals surface area contributed by atoms with Gasteiger partial charge in [-0.15, -0.1) is 0 Å². The summed E-state index contributed by atoms with van der Waals surface area (Å²) in [5.41, 5.74) is 0.480. The van der Waals surface area contributed by atoms with Crippen molar-refractivity contribution >= 4 is 5.78 Å². The third-order valence-electron chi connectivity index (χ3n) is 8.29. The van der Waals surface area contributed by atoms with E-state index in [4.69, 9.17) is 23.7 Å². The van der Waals surface area contributed by atoms with E-state index in [2.05, 4.69) is 0 Å². The fourth-order valence-corrected chi connectivity index (χ4v) is 5.88. The molecular weight excluding hydrogens is 540 g/mol. The van der Waals surface area contributed by atoms with Gasteiger partial charge in [0.1, 0.15) is 12.3 Å². The molecule has 42 heavy (non-hydrogen) atoms. The first kappa shape index (κ1) is 30.8. The van der Waals surface area contributed by atoms with Gasteiger partial charge in [0.2, 0.25) is 0 Å². The number of hydrogen-bond acceptors (Lipinski definition) is 8. The first-order valence-corrected chi connectivity index (χ1v) is 15.6. The van der Waals surface area contributed by atoms with Crippen LogP contribution in [0.2, 0.25) is 0 Å². The average molecular weight is 585 g/mol. The van der Waals surface area contributed by atoms with Gasteiger partial charge in [-0.1, -0.05) is 36.8 Å². The molecule has 0 spiro atoms. The molecule has 5 atom stereocenters. The van der Waals surface area contributed by atoms with Crippen LogP contribution in [0.3, 0.4) is 0 Å². The molecule has 5 rings (SSSR count). The van der Waals surface area contributed by atoms with Crippen LogP contribution >= 0.6 is 0 Å². The summed E-state index contributed by atoms with van der Waals surface area (Å²) in [4.78, 5) is 38.9. The summed E-state index contributed by atoms with van der Waals surface area (Å²) in [6.07, 6.45) is 8.47. The first-order valence-electron chi connectivity index (χ1n) is 15.6. The van der Waals surface area contributed by atoms with Gasteiger partial charge in [-0.05, 0) is 58.3 Å². The van der Waals surface area contributed by atoms with E-state index in [0.717, 1.165) is 44.9 Å². The van der Waals surface area contributed by atoms with E-state index in [1.807, 2.05) is 30.3 Å². The molecule has 1 aromatic heterocycles. The van der Waals surface area contributed by atoms with Crippen LogP contribution in [0.15, 0.2) is 46.1 Å². The summed E-state index contributed by atoms with van der Waals surface area (Å²) in [6.45, 7) is 3.64. The quantitative estimate of drug-likeness (QED) is 0.250. The topological polar surface area (TPSA) is 107 Å². The molecule has 0 bridgehead atoms. The van der Waals surface area contributed by atoms with E-state index in [0.29, 0.717) is 50.0 Å². The highest BCUT2D eigenvalue weighted by atomic mass is 16.7. The van der Waals surface area contributed by atoms with Crippen molar-refractivity contribution in [3.8, 4) is 0 Å². The van der Waals surface area contributed by atoms with Gasteiger partial charge in [0.15, 0.2) is 18.4 Å². The smallest absolute Gasteiger partial charge is 0.333 e. The van der Waals surface area contributed by atoms with Gasteiger partial charge >= 0.3 is 5.69 Å². The number of unbranched alkanes of at least 4 members (excludes halogenated alkanes) is 2. The fraction of sp³-hybridized carbons (Fsp3) is 0.656. The van der Waals surface area contributed by atoms with Gasteiger partial charge < -0.3 is 23.7 Å². The number of rotatable bonds is 13. The Kier molecular flexibility index (Phi) is 11.2. The maximum atomic E-state index is 13.6. The molecule has 3 fully saturated rings. The van der Waals surface area contributed by atoms with Crippen molar-refractivity contribution in [3.05, 3.63) is 68.5 Å². The molecule has 230 valence electrons. The number of benzene rings is 1. The Morgan fingerprint density at radius 1 is 0.952 bits per heavy atom. The van der Waals surface area contributed by atoms with Crippen LogP contribution < -0.4 is 11.2 Å². The zero-order valence-corrected chi connectivity index (χ0v) is 24.6. The number of hydrogen-bond donors (Lipinski definition) is 0. The fourth-order valence-electron chi connectivity index (χ4n) is 5.88. The molecule has 2 unspecified atom stereocenters. The molecule has 4 heterocycles. The predicted molar refractivity (Wildman–Crippen MR) is 155 cm³/mol. The maximum absolute atomic E-state index is 13.6. The number of ether oxygens (including phenoxy) is 5. The lowest BCUT2D eigenvalue weighted by atomic mass is 10.0. The normalized spacial score (nSPS) is 26.4. The minimum absolute atomic E-state index is 0.105. The highest BCUT2D eigenvalue weighted by Gasteiger charge is 2.40. The molecule has 0 saturated carbocycles. The highest BCUT2D eigenvalue weighted by molar-refractivity contribution is 5.95. The summed E-state index contributed by atoms with van der Waals surface area (Å²) >= 11 is 0. The third kappa shape index (κ3) is 8.05. The monoisotopic (exact) mass is 584 g/mol. The number of aromatic nitrogens is 2. The van der Waals surface area contributed by atoms with E-state index < -0.39 is 18.0 Å². The zero-order chi connectivity index (χ0) is 29.3. The molecule has 0 N–H and O–H groups in total. The van der Waals surface area contributed by atoms with Crippen molar-refractivity contribution in [2.24, 2.45) is 0 Å². The van der Waals surface area contributed by atoms with Crippen LogP contribution in [0.4, 0.5) is 0 Å². The van der Waals surface area contributed by atoms with Gasteiger partial charge in [-0.3, -0.25) is 18.7 Å². The average Bonchev–Trinajstić information content (AvgIpc) is 3.42. The Bertz CT molecular complexity index is 1260. The Morgan fingerprint density at radius 3 is 2.40 bits per heavy atom.